The number of anilines is 3. The molecule has 1 amide bonds. The molecule has 0 unspecified atom stereocenters. The molecule has 0 saturated heterocycles. The second-order valence-corrected chi connectivity index (χ2v) is 13.2. The summed E-state index contributed by atoms with van der Waals surface area (Å²) in [6, 6.07) is 25.4. The third-order valence-electron chi connectivity index (χ3n) is 5.94. The van der Waals surface area contributed by atoms with Crippen LogP contribution in [-0.4, -0.2) is 29.3 Å². The molecule has 39 heavy (non-hydrogen) atoms. The van der Waals surface area contributed by atoms with Gasteiger partial charge >= 0.3 is 0 Å². The fourth-order valence-electron chi connectivity index (χ4n) is 3.70. The van der Waals surface area contributed by atoms with Crippen LogP contribution in [0.4, 0.5) is 17.1 Å². The van der Waals surface area contributed by atoms with Crippen molar-refractivity contribution in [2.45, 2.75) is 23.6 Å². The van der Waals surface area contributed by atoms with Crippen LogP contribution in [0.15, 0.2) is 111 Å². The number of amides is 1. The molecule has 4 aromatic rings. The predicted molar refractivity (Wildman–Crippen MR) is 157 cm³/mol. The molecule has 0 spiro atoms. The number of nitrogens with one attached hydrogen (secondary N) is 2. The van der Waals surface area contributed by atoms with Crippen molar-refractivity contribution in [2.75, 3.05) is 20.9 Å². The van der Waals surface area contributed by atoms with Crippen molar-refractivity contribution in [3.05, 3.63) is 113 Å². The zero-order valence-corrected chi connectivity index (χ0v) is 24.3. The first-order valence-corrected chi connectivity index (χ1v) is 15.5. The molecule has 0 fully saturated rings. The Labute approximate surface area is 236 Å². The maximum Gasteiger partial charge on any atom is 0.264 e. The van der Waals surface area contributed by atoms with Gasteiger partial charge < -0.3 is 5.32 Å². The van der Waals surface area contributed by atoms with Crippen LogP contribution in [0.25, 0.3) is 0 Å². The maximum absolute atomic E-state index is 13.5. The predicted octanol–water partition coefficient (Wildman–Crippen LogP) is 5.70. The van der Waals surface area contributed by atoms with Crippen LogP contribution in [0, 0.1) is 13.8 Å². The van der Waals surface area contributed by atoms with E-state index >= 15 is 0 Å². The van der Waals surface area contributed by atoms with E-state index in [9.17, 15) is 21.6 Å². The Morgan fingerprint density at radius 1 is 0.744 bits per heavy atom. The summed E-state index contributed by atoms with van der Waals surface area (Å²) in [6.45, 7) is 3.30. The van der Waals surface area contributed by atoms with Gasteiger partial charge in [0.15, 0.2) is 0 Å². The molecule has 0 bridgehead atoms. The van der Waals surface area contributed by atoms with Crippen LogP contribution in [0.5, 0.6) is 0 Å². The fraction of sp³-hybridized carbons (Fsp3) is 0.107. The second kappa shape index (κ2) is 11.6. The first-order chi connectivity index (χ1) is 18.5. The van der Waals surface area contributed by atoms with Gasteiger partial charge in [-0.1, -0.05) is 40.2 Å². The van der Waals surface area contributed by atoms with E-state index in [1.54, 1.807) is 60.7 Å². The highest BCUT2D eigenvalue weighted by atomic mass is 79.9. The van der Waals surface area contributed by atoms with Gasteiger partial charge in [0.05, 0.1) is 15.5 Å². The first-order valence-electron chi connectivity index (χ1n) is 11.8. The number of carbonyl (C=O) groups excluding carboxylic acids is 1. The van der Waals surface area contributed by atoms with E-state index in [2.05, 4.69) is 26.0 Å². The first kappa shape index (κ1) is 28.3. The number of carbonyl (C=O) groups is 1. The van der Waals surface area contributed by atoms with Crippen molar-refractivity contribution >= 4 is 58.9 Å². The summed E-state index contributed by atoms with van der Waals surface area (Å²) in [6.07, 6.45) is 0. The number of nitrogens with zero attached hydrogens (tertiary/aromatic N) is 1. The highest BCUT2D eigenvalue weighted by Gasteiger charge is 2.27. The lowest BCUT2D eigenvalue weighted by atomic mass is 10.1. The lowest BCUT2D eigenvalue weighted by Crippen LogP contribution is -2.38. The molecule has 4 aromatic carbocycles. The lowest BCUT2D eigenvalue weighted by molar-refractivity contribution is -0.114. The van der Waals surface area contributed by atoms with Crippen molar-refractivity contribution in [2.24, 2.45) is 0 Å². The minimum atomic E-state index is -4.05. The molecule has 0 atom stereocenters. The Balaban J connectivity index is 1.53. The van der Waals surface area contributed by atoms with Gasteiger partial charge in [-0.05, 0) is 97.8 Å². The molecule has 0 radical (unpaired) electrons. The molecule has 0 aliphatic heterocycles. The van der Waals surface area contributed by atoms with E-state index in [4.69, 9.17) is 0 Å². The van der Waals surface area contributed by atoms with Crippen molar-refractivity contribution in [1.82, 2.24) is 0 Å². The van der Waals surface area contributed by atoms with Crippen molar-refractivity contribution in [3.8, 4) is 0 Å². The van der Waals surface area contributed by atoms with Gasteiger partial charge in [0.2, 0.25) is 5.91 Å². The van der Waals surface area contributed by atoms with Crippen LogP contribution in [0.3, 0.4) is 0 Å². The summed E-state index contributed by atoms with van der Waals surface area (Å²) in [7, 11) is -7.90. The topological polar surface area (TPSA) is 113 Å². The third kappa shape index (κ3) is 6.86. The number of hydrogen-bond donors (Lipinski definition) is 2. The molecule has 202 valence electrons. The zero-order valence-electron chi connectivity index (χ0n) is 21.1. The van der Waals surface area contributed by atoms with E-state index in [0.29, 0.717) is 17.1 Å². The molecular formula is C28H26BrN3O5S2. The molecule has 0 aliphatic carbocycles. The molecule has 2 N–H and O–H groups in total. The fourth-order valence-corrected chi connectivity index (χ4v) is 6.45. The average Bonchev–Trinajstić information content (AvgIpc) is 2.91. The number of hydrogen-bond acceptors (Lipinski definition) is 5. The molecule has 8 nitrogen and oxygen atoms in total. The van der Waals surface area contributed by atoms with E-state index in [1.165, 1.54) is 36.4 Å². The second-order valence-electron chi connectivity index (χ2n) is 8.78. The molecule has 4 rings (SSSR count). The Kier molecular flexibility index (Phi) is 8.43. The zero-order chi connectivity index (χ0) is 28.2. The van der Waals surface area contributed by atoms with Crippen LogP contribution in [0.1, 0.15) is 11.1 Å². The standard InChI is InChI=1S/C28H26BrN3O5S2/c1-20-8-15-25(18-21(20)2)32(39(36,37)27-6-4-3-5-7-27)19-28(33)30-23-13-16-26(17-14-23)38(34,35)31-24-11-9-22(29)10-12-24/h3-18,31H,19H2,1-2H3,(H,30,33). The summed E-state index contributed by atoms with van der Waals surface area (Å²) < 4.78 is 56.9. The van der Waals surface area contributed by atoms with Crippen molar-refractivity contribution in [1.29, 1.82) is 0 Å². The Morgan fingerprint density at radius 3 is 1.97 bits per heavy atom. The number of benzene rings is 4. The molecule has 0 aliphatic rings. The smallest absolute Gasteiger partial charge is 0.264 e. The molecule has 0 heterocycles. The molecule has 0 saturated carbocycles. The number of halogens is 1. The van der Waals surface area contributed by atoms with Crippen molar-refractivity contribution in [3.63, 3.8) is 0 Å². The van der Waals surface area contributed by atoms with E-state index < -0.39 is 32.5 Å². The highest BCUT2D eigenvalue weighted by molar-refractivity contribution is 9.10. The maximum atomic E-state index is 13.5. The van der Waals surface area contributed by atoms with Crippen LogP contribution in [0.2, 0.25) is 0 Å². The number of sulfonamides is 2. The number of rotatable bonds is 9. The number of aryl methyl sites for hydroxylation is 2. The minimum Gasteiger partial charge on any atom is -0.325 e. The minimum absolute atomic E-state index is 0.00632. The Hall–Kier alpha value is -3.67. The van der Waals surface area contributed by atoms with Crippen molar-refractivity contribution < 1.29 is 21.6 Å². The van der Waals surface area contributed by atoms with E-state index in [0.717, 1.165) is 19.9 Å². The SMILES string of the molecule is Cc1ccc(N(CC(=O)Nc2ccc(S(=O)(=O)Nc3ccc(Br)cc3)cc2)S(=O)(=O)c2ccccc2)cc1C. The van der Waals surface area contributed by atoms with Gasteiger partial charge in [0.25, 0.3) is 20.0 Å². The van der Waals surface area contributed by atoms with Gasteiger partial charge in [-0.15, -0.1) is 0 Å². The monoisotopic (exact) mass is 627 g/mol. The van der Waals surface area contributed by atoms with Crippen LogP contribution >= 0.6 is 15.9 Å². The van der Waals surface area contributed by atoms with Crippen LogP contribution < -0.4 is 14.3 Å². The van der Waals surface area contributed by atoms with Gasteiger partial charge in [0, 0.05) is 15.8 Å². The average molecular weight is 629 g/mol. The molecule has 11 heteroatoms. The van der Waals surface area contributed by atoms with E-state index in [-0.39, 0.29) is 9.79 Å². The van der Waals surface area contributed by atoms with Crippen LogP contribution in [-0.2, 0) is 24.8 Å². The summed E-state index contributed by atoms with van der Waals surface area (Å²) in [5.41, 5.74) is 2.96. The summed E-state index contributed by atoms with van der Waals surface area (Å²) in [5.74, 6) is -0.587. The highest BCUT2D eigenvalue weighted by Crippen LogP contribution is 2.26. The lowest BCUT2D eigenvalue weighted by Gasteiger charge is -2.25. The normalized spacial score (nSPS) is 11.6. The van der Waals surface area contributed by atoms with Gasteiger partial charge in [-0.3, -0.25) is 13.8 Å². The third-order valence-corrected chi connectivity index (χ3v) is 9.66. The van der Waals surface area contributed by atoms with E-state index in [1.807, 2.05) is 13.8 Å². The van der Waals surface area contributed by atoms with Gasteiger partial charge in [-0.25, -0.2) is 16.8 Å². The molecular weight excluding hydrogens is 602 g/mol. The summed E-state index contributed by atoms with van der Waals surface area (Å²) >= 11 is 3.31. The summed E-state index contributed by atoms with van der Waals surface area (Å²) in [5, 5.41) is 2.66. The molecule has 0 aromatic heterocycles. The Morgan fingerprint density at radius 2 is 1.36 bits per heavy atom. The Bertz CT molecular complexity index is 1690. The quantitative estimate of drug-likeness (QED) is 0.247. The largest absolute Gasteiger partial charge is 0.325 e. The van der Waals surface area contributed by atoms with Gasteiger partial charge in [-0.2, -0.15) is 0 Å². The van der Waals surface area contributed by atoms with Gasteiger partial charge in [0.1, 0.15) is 6.54 Å². The summed E-state index contributed by atoms with van der Waals surface area (Å²) in [4.78, 5) is 13.1.